The van der Waals surface area contributed by atoms with Crippen LogP contribution in [0.3, 0.4) is 0 Å². The van der Waals surface area contributed by atoms with E-state index < -0.39 is 21.1 Å². The van der Waals surface area contributed by atoms with Crippen LogP contribution in [0.2, 0.25) is 0 Å². The van der Waals surface area contributed by atoms with E-state index in [1.165, 1.54) is 0 Å². The number of rotatable bonds is 6. The van der Waals surface area contributed by atoms with Gasteiger partial charge in [-0.1, -0.05) is 33.1 Å². The van der Waals surface area contributed by atoms with Crippen molar-refractivity contribution in [2.24, 2.45) is 11.8 Å². The van der Waals surface area contributed by atoms with Gasteiger partial charge in [0.05, 0.1) is 5.25 Å². The van der Waals surface area contributed by atoms with Gasteiger partial charge in [0.15, 0.2) is 9.84 Å². The second kappa shape index (κ2) is 8.52. The lowest BCUT2D eigenvalue weighted by Gasteiger charge is -2.36. The summed E-state index contributed by atoms with van der Waals surface area (Å²) in [5.74, 6) is -1.27. The van der Waals surface area contributed by atoms with Gasteiger partial charge in [0.1, 0.15) is 5.25 Å². The van der Waals surface area contributed by atoms with Crippen molar-refractivity contribution in [2.75, 3.05) is 13.1 Å². The molecule has 1 N–H and O–H groups in total. The smallest absolute Gasteiger partial charge is 0.303 e. The Bertz CT molecular complexity index is 572. The van der Waals surface area contributed by atoms with Gasteiger partial charge in [0, 0.05) is 19.5 Å². The van der Waals surface area contributed by atoms with Crippen LogP contribution >= 0.6 is 0 Å². The molecule has 1 aliphatic carbocycles. The summed E-state index contributed by atoms with van der Waals surface area (Å²) >= 11 is 0. The molecule has 0 bridgehead atoms. The van der Waals surface area contributed by atoms with Crippen LogP contribution in [0.4, 0.5) is 0 Å². The van der Waals surface area contributed by atoms with Gasteiger partial charge >= 0.3 is 5.97 Å². The molecular formula is C18H31NO5S. The molecule has 2 aliphatic rings. The minimum atomic E-state index is -3.49. The molecule has 2 fully saturated rings. The second-order valence-electron chi connectivity index (χ2n) is 7.88. The molecule has 1 unspecified atom stereocenters. The lowest BCUT2D eigenvalue weighted by atomic mass is 9.93. The fraction of sp³-hybridized carbons (Fsp3) is 0.889. The molecule has 6 nitrogen and oxygen atoms in total. The van der Waals surface area contributed by atoms with E-state index in [9.17, 15) is 18.0 Å². The summed E-state index contributed by atoms with van der Waals surface area (Å²) in [4.78, 5) is 25.5. The number of hydrogen-bond acceptors (Lipinski definition) is 4. The summed E-state index contributed by atoms with van der Waals surface area (Å²) in [6, 6.07) is 0. The first-order chi connectivity index (χ1) is 11.7. The number of aliphatic carboxylic acids is 1. The SMILES string of the molecule is CC(C)C(C(=O)N1CCC(CC(=O)O)CC1)S(=O)(=O)C1CCCCC1. The van der Waals surface area contributed by atoms with Crippen LogP contribution in [-0.2, 0) is 19.4 Å². The maximum atomic E-state index is 13.1. The Morgan fingerprint density at radius 2 is 1.60 bits per heavy atom. The van der Waals surface area contributed by atoms with Crippen molar-refractivity contribution in [3.8, 4) is 0 Å². The highest BCUT2D eigenvalue weighted by Crippen LogP contribution is 2.31. The Labute approximate surface area is 150 Å². The summed E-state index contributed by atoms with van der Waals surface area (Å²) in [5, 5.41) is 7.54. The van der Waals surface area contributed by atoms with Crippen LogP contribution in [0.1, 0.15) is 65.2 Å². The van der Waals surface area contributed by atoms with Gasteiger partial charge in [-0.25, -0.2) is 8.42 Å². The molecule has 1 saturated heterocycles. The maximum absolute atomic E-state index is 13.1. The number of likely N-dealkylation sites (tertiary alicyclic amines) is 1. The number of carboxylic acids is 1. The molecule has 0 spiro atoms. The van der Waals surface area contributed by atoms with Crippen molar-refractivity contribution in [1.29, 1.82) is 0 Å². The third kappa shape index (κ3) is 4.96. The summed E-state index contributed by atoms with van der Waals surface area (Å²) in [6.07, 6.45) is 5.63. The number of carboxylic acid groups (broad SMARTS) is 1. The lowest BCUT2D eigenvalue weighted by Crippen LogP contribution is -2.51. The van der Waals surface area contributed by atoms with E-state index in [1.54, 1.807) is 18.7 Å². The maximum Gasteiger partial charge on any atom is 0.303 e. The van der Waals surface area contributed by atoms with Crippen molar-refractivity contribution in [1.82, 2.24) is 4.90 Å². The van der Waals surface area contributed by atoms with Gasteiger partial charge in [-0.3, -0.25) is 9.59 Å². The highest BCUT2D eigenvalue weighted by atomic mass is 32.2. The normalized spacial score (nSPS) is 22.1. The molecule has 1 saturated carbocycles. The average Bonchev–Trinajstić information content (AvgIpc) is 2.55. The highest BCUT2D eigenvalue weighted by molar-refractivity contribution is 7.93. The van der Waals surface area contributed by atoms with Crippen molar-refractivity contribution >= 4 is 21.7 Å². The minimum absolute atomic E-state index is 0.0778. The Morgan fingerprint density at radius 3 is 2.08 bits per heavy atom. The molecule has 2 rings (SSSR count). The van der Waals surface area contributed by atoms with Crippen molar-refractivity contribution in [3.63, 3.8) is 0 Å². The molecule has 0 aromatic heterocycles. The zero-order valence-electron chi connectivity index (χ0n) is 15.3. The first-order valence-electron chi connectivity index (χ1n) is 9.46. The zero-order chi connectivity index (χ0) is 18.6. The summed E-state index contributed by atoms with van der Waals surface area (Å²) < 4.78 is 26.2. The van der Waals surface area contributed by atoms with E-state index in [0.717, 1.165) is 19.3 Å². The van der Waals surface area contributed by atoms with Gasteiger partial charge in [-0.2, -0.15) is 0 Å². The standard InChI is InChI=1S/C18H31NO5S/c1-13(2)17(25(23,24)15-6-4-3-5-7-15)18(22)19-10-8-14(9-11-19)12-16(20)21/h13-15,17H,3-12H2,1-2H3,(H,20,21). The van der Waals surface area contributed by atoms with Crippen LogP contribution in [0.15, 0.2) is 0 Å². The van der Waals surface area contributed by atoms with E-state index >= 15 is 0 Å². The molecule has 144 valence electrons. The second-order valence-corrected chi connectivity index (χ2v) is 10.2. The Kier molecular flexibility index (Phi) is 6.88. The molecule has 25 heavy (non-hydrogen) atoms. The molecule has 1 aliphatic heterocycles. The number of piperidine rings is 1. The van der Waals surface area contributed by atoms with Crippen molar-refractivity contribution in [3.05, 3.63) is 0 Å². The van der Waals surface area contributed by atoms with E-state index in [2.05, 4.69) is 0 Å². The number of carbonyl (C=O) groups excluding carboxylic acids is 1. The van der Waals surface area contributed by atoms with Crippen LogP contribution in [0.25, 0.3) is 0 Å². The average molecular weight is 374 g/mol. The van der Waals surface area contributed by atoms with Gasteiger partial charge in [0.25, 0.3) is 0 Å². The first kappa shape index (κ1) is 20.2. The minimum Gasteiger partial charge on any atom is -0.481 e. The number of hydrogen-bond donors (Lipinski definition) is 1. The molecule has 0 aromatic carbocycles. The Hall–Kier alpha value is -1.11. The molecule has 0 aromatic rings. The topological polar surface area (TPSA) is 91.8 Å². The van der Waals surface area contributed by atoms with Crippen molar-refractivity contribution in [2.45, 2.75) is 75.7 Å². The van der Waals surface area contributed by atoms with E-state index in [1.807, 2.05) is 0 Å². The molecule has 1 heterocycles. The van der Waals surface area contributed by atoms with Crippen LogP contribution in [-0.4, -0.2) is 53.9 Å². The number of carbonyl (C=O) groups is 2. The van der Waals surface area contributed by atoms with Gasteiger partial charge in [0.2, 0.25) is 5.91 Å². The highest BCUT2D eigenvalue weighted by Gasteiger charge is 2.43. The number of nitrogens with zero attached hydrogens (tertiary/aromatic N) is 1. The van der Waals surface area contributed by atoms with Crippen LogP contribution in [0.5, 0.6) is 0 Å². The summed E-state index contributed by atoms with van der Waals surface area (Å²) in [5.41, 5.74) is 0. The molecule has 0 radical (unpaired) electrons. The summed E-state index contributed by atoms with van der Waals surface area (Å²) in [7, 11) is -3.49. The molecule has 1 atom stereocenters. The molecule has 7 heteroatoms. The van der Waals surface area contributed by atoms with E-state index in [0.29, 0.717) is 38.8 Å². The summed E-state index contributed by atoms with van der Waals surface area (Å²) in [6.45, 7) is 4.53. The Balaban J connectivity index is 2.07. The number of sulfone groups is 1. The van der Waals surface area contributed by atoms with Crippen LogP contribution in [0, 0.1) is 11.8 Å². The Morgan fingerprint density at radius 1 is 1.04 bits per heavy atom. The molecular weight excluding hydrogens is 342 g/mol. The van der Waals surface area contributed by atoms with Crippen LogP contribution < -0.4 is 0 Å². The van der Waals surface area contributed by atoms with E-state index in [-0.39, 0.29) is 29.4 Å². The van der Waals surface area contributed by atoms with Crippen molar-refractivity contribution < 1.29 is 23.1 Å². The number of amides is 1. The predicted octanol–water partition coefficient (Wildman–Crippen LogP) is 2.47. The fourth-order valence-electron chi connectivity index (χ4n) is 4.19. The zero-order valence-corrected chi connectivity index (χ0v) is 16.1. The predicted molar refractivity (Wildman–Crippen MR) is 96.0 cm³/mol. The largest absolute Gasteiger partial charge is 0.481 e. The third-order valence-corrected chi connectivity index (χ3v) is 8.46. The fourth-order valence-corrected chi connectivity index (χ4v) is 6.78. The van der Waals surface area contributed by atoms with Gasteiger partial charge in [-0.05, 0) is 37.5 Å². The lowest BCUT2D eigenvalue weighted by molar-refractivity contribution is -0.138. The first-order valence-corrected chi connectivity index (χ1v) is 11.1. The molecule has 1 amide bonds. The van der Waals surface area contributed by atoms with E-state index in [4.69, 9.17) is 5.11 Å². The monoisotopic (exact) mass is 373 g/mol. The quantitative estimate of drug-likeness (QED) is 0.772. The third-order valence-electron chi connectivity index (χ3n) is 5.61. The van der Waals surface area contributed by atoms with Gasteiger partial charge < -0.3 is 10.0 Å². The van der Waals surface area contributed by atoms with Gasteiger partial charge in [-0.15, -0.1) is 0 Å².